The average molecular weight is 504 g/mol. The number of benzene rings is 3. The minimum atomic E-state index is -0.721. The van der Waals surface area contributed by atoms with Crippen molar-refractivity contribution < 1.29 is 23.9 Å². The lowest BCUT2D eigenvalue weighted by Gasteiger charge is -2.18. The van der Waals surface area contributed by atoms with Gasteiger partial charge in [0.2, 0.25) is 0 Å². The summed E-state index contributed by atoms with van der Waals surface area (Å²) in [7, 11) is 1.68. The van der Waals surface area contributed by atoms with Crippen LogP contribution in [-0.4, -0.2) is 37.3 Å². The van der Waals surface area contributed by atoms with Crippen LogP contribution >= 0.6 is 11.6 Å². The minimum absolute atomic E-state index is 0.108. The van der Waals surface area contributed by atoms with E-state index in [1.165, 1.54) is 23.1 Å². The zero-order valence-corrected chi connectivity index (χ0v) is 20.3. The highest BCUT2D eigenvalue weighted by Gasteiger charge is 2.39. The summed E-state index contributed by atoms with van der Waals surface area (Å²) in [5.41, 5.74) is 1.94. The molecule has 3 aromatic carbocycles. The van der Waals surface area contributed by atoms with Crippen molar-refractivity contribution in [1.82, 2.24) is 0 Å². The first-order valence-corrected chi connectivity index (χ1v) is 11.5. The molecule has 0 unspecified atom stereocenters. The number of rotatable bonds is 7. The fourth-order valence-electron chi connectivity index (χ4n) is 3.64. The molecule has 0 spiro atoms. The van der Waals surface area contributed by atoms with Crippen LogP contribution in [0.25, 0.3) is 0 Å². The molecule has 0 saturated heterocycles. The van der Waals surface area contributed by atoms with Crippen molar-refractivity contribution in [2.45, 2.75) is 6.92 Å². The van der Waals surface area contributed by atoms with Crippen molar-refractivity contribution in [3.63, 3.8) is 0 Å². The van der Waals surface area contributed by atoms with E-state index in [1.807, 2.05) is 30.3 Å². The van der Waals surface area contributed by atoms with E-state index in [0.29, 0.717) is 11.3 Å². The van der Waals surface area contributed by atoms with Gasteiger partial charge < -0.3 is 15.0 Å². The van der Waals surface area contributed by atoms with Crippen molar-refractivity contribution in [2.24, 2.45) is 0 Å². The maximum Gasteiger partial charge on any atom is 0.338 e. The van der Waals surface area contributed by atoms with Gasteiger partial charge in [0, 0.05) is 24.0 Å². The van der Waals surface area contributed by atoms with Crippen LogP contribution in [0.15, 0.2) is 89.6 Å². The molecular formula is C27H22ClN3O5. The molecular weight excluding hydrogens is 482 g/mol. The second-order valence-corrected chi connectivity index (χ2v) is 8.19. The van der Waals surface area contributed by atoms with Gasteiger partial charge in [0.1, 0.15) is 10.7 Å². The highest BCUT2D eigenvalue weighted by atomic mass is 35.5. The Kier molecular flexibility index (Phi) is 7.17. The third kappa shape index (κ3) is 4.85. The van der Waals surface area contributed by atoms with Crippen molar-refractivity contribution in [1.29, 1.82) is 0 Å². The lowest BCUT2D eigenvalue weighted by molar-refractivity contribution is -0.120. The normalized spacial score (nSPS) is 13.1. The Balaban J connectivity index is 1.50. The number of anilines is 3. The summed E-state index contributed by atoms with van der Waals surface area (Å²) < 4.78 is 4.98. The number of ether oxygens (including phenoxy) is 1. The number of nitrogens with zero attached hydrogens (tertiary/aromatic N) is 2. The van der Waals surface area contributed by atoms with Gasteiger partial charge in [-0.15, -0.1) is 0 Å². The largest absolute Gasteiger partial charge is 0.462 e. The second kappa shape index (κ2) is 10.5. The SMILES string of the molecule is CCOC(=O)c1cccc(N2C(=O)C(Cl)=C(Nc3ccc(C(=O)N(C)c4ccccc4)cc3)C2=O)c1. The Morgan fingerprint density at radius 3 is 2.28 bits per heavy atom. The van der Waals surface area contributed by atoms with Crippen LogP contribution in [-0.2, 0) is 14.3 Å². The molecule has 8 nitrogen and oxygen atoms in total. The topological polar surface area (TPSA) is 96.0 Å². The van der Waals surface area contributed by atoms with Gasteiger partial charge in [0.25, 0.3) is 17.7 Å². The molecule has 9 heteroatoms. The maximum atomic E-state index is 13.1. The molecule has 0 aliphatic carbocycles. The van der Waals surface area contributed by atoms with Gasteiger partial charge in [0.15, 0.2) is 0 Å². The van der Waals surface area contributed by atoms with Crippen LogP contribution in [0, 0.1) is 0 Å². The third-order valence-electron chi connectivity index (χ3n) is 5.49. The van der Waals surface area contributed by atoms with E-state index in [9.17, 15) is 19.2 Å². The Bertz CT molecular complexity index is 1370. The van der Waals surface area contributed by atoms with Crippen LogP contribution in [0.4, 0.5) is 17.1 Å². The number of nitrogens with one attached hydrogen (secondary N) is 1. The predicted molar refractivity (Wildman–Crippen MR) is 137 cm³/mol. The summed E-state index contributed by atoms with van der Waals surface area (Å²) >= 11 is 6.21. The maximum absolute atomic E-state index is 13.1. The Morgan fingerprint density at radius 1 is 0.917 bits per heavy atom. The molecule has 1 N–H and O–H groups in total. The standard InChI is InChI=1S/C27H22ClN3O5/c1-3-36-27(35)18-8-7-11-21(16-18)31-25(33)22(28)23(26(31)34)29-19-14-12-17(13-15-19)24(32)30(2)20-9-5-4-6-10-20/h4-16,29H,3H2,1-2H3. The zero-order chi connectivity index (χ0) is 25.8. The number of esters is 1. The van der Waals surface area contributed by atoms with Crippen molar-refractivity contribution in [3.05, 3.63) is 101 Å². The fourth-order valence-corrected chi connectivity index (χ4v) is 3.85. The average Bonchev–Trinajstić information content (AvgIpc) is 3.11. The Labute approximate surface area is 212 Å². The third-order valence-corrected chi connectivity index (χ3v) is 5.84. The van der Waals surface area contributed by atoms with E-state index in [1.54, 1.807) is 44.3 Å². The number of para-hydroxylation sites is 1. The molecule has 3 amide bonds. The summed E-state index contributed by atoms with van der Waals surface area (Å²) in [6.45, 7) is 1.87. The van der Waals surface area contributed by atoms with Gasteiger partial charge in [-0.1, -0.05) is 35.9 Å². The van der Waals surface area contributed by atoms with Gasteiger partial charge in [-0.25, -0.2) is 9.69 Å². The lowest BCUT2D eigenvalue weighted by atomic mass is 10.1. The summed E-state index contributed by atoms with van der Waals surface area (Å²) in [4.78, 5) is 53.1. The van der Waals surface area contributed by atoms with Gasteiger partial charge >= 0.3 is 5.97 Å². The Hall–Kier alpha value is -4.43. The molecule has 36 heavy (non-hydrogen) atoms. The molecule has 0 saturated carbocycles. The number of hydrogen-bond acceptors (Lipinski definition) is 6. The van der Waals surface area contributed by atoms with Gasteiger partial charge in [0.05, 0.1) is 17.9 Å². The lowest BCUT2D eigenvalue weighted by Crippen LogP contribution is -2.32. The first kappa shape index (κ1) is 24.7. The molecule has 1 aliphatic heterocycles. The van der Waals surface area contributed by atoms with E-state index in [-0.39, 0.29) is 34.5 Å². The molecule has 1 aliphatic rings. The summed E-state index contributed by atoms with van der Waals surface area (Å²) in [5, 5.41) is 2.59. The van der Waals surface area contributed by atoms with E-state index < -0.39 is 17.8 Å². The van der Waals surface area contributed by atoms with Crippen LogP contribution < -0.4 is 15.1 Å². The van der Waals surface area contributed by atoms with Crippen molar-refractivity contribution in [3.8, 4) is 0 Å². The summed E-state index contributed by atoms with van der Waals surface area (Å²) in [6.07, 6.45) is 0. The monoisotopic (exact) mass is 503 g/mol. The fraction of sp³-hybridized carbons (Fsp3) is 0.111. The molecule has 0 atom stereocenters. The number of amides is 3. The van der Waals surface area contributed by atoms with Crippen LogP contribution in [0.5, 0.6) is 0 Å². The first-order chi connectivity index (χ1) is 17.3. The van der Waals surface area contributed by atoms with E-state index in [0.717, 1.165) is 10.6 Å². The molecule has 0 radical (unpaired) electrons. The van der Waals surface area contributed by atoms with E-state index in [2.05, 4.69) is 5.32 Å². The molecule has 1 heterocycles. The van der Waals surface area contributed by atoms with Gasteiger partial charge in [-0.3, -0.25) is 14.4 Å². The number of carbonyl (C=O) groups is 4. The summed E-state index contributed by atoms with van der Waals surface area (Å²) in [5.74, 6) is -2.16. The van der Waals surface area contributed by atoms with Crippen LogP contribution in [0.3, 0.4) is 0 Å². The summed E-state index contributed by atoms with van der Waals surface area (Å²) in [6, 6.07) is 21.7. The molecule has 3 aromatic rings. The quantitative estimate of drug-likeness (QED) is 0.374. The molecule has 0 aromatic heterocycles. The minimum Gasteiger partial charge on any atom is -0.462 e. The van der Waals surface area contributed by atoms with Crippen LogP contribution in [0.2, 0.25) is 0 Å². The highest BCUT2D eigenvalue weighted by molar-refractivity contribution is 6.53. The van der Waals surface area contributed by atoms with Gasteiger partial charge in [-0.05, 0) is 61.5 Å². The predicted octanol–water partition coefficient (Wildman–Crippen LogP) is 4.58. The van der Waals surface area contributed by atoms with Crippen LogP contribution in [0.1, 0.15) is 27.6 Å². The second-order valence-electron chi connectivity index (χ2n) is 7.81. The zero-order valence-electron chi connectivity index (χ0n) is 19.5. The smallest absolute Gasteiger partial charge is 0.338 e. The number of carbonyl (C=O) groups excluding carboxylic acids is 4. The molecule has 0 bridgehead atoms. The van der Waals surface area contributed by atoms with Crippen molar-refractivity contribution in [2.75, 3.05) is 28.8 Å². The molecule has 182 valence electrons. The van der Waals surface area contributed by atoms with Gasteiger partial charge in [-0.2, -0.15) is 0 Å². The highest BCUT2D eigenvalue weighted by Crippen LogP contribution is 2.31. The molecule has 4 rings (SSSR count). The molecule has 0 fully saturated rings. The Morgan fingerprint density at radius 2 is 1.61 bits per heavy atom. The first-order valence-electron chi connectivity index (χ1n) is 11.1. The van der Waals surface area contributed by atoms with Crippen molar-refractivity contribution >= 4 is 52.4 Å². The number of halogens is 1. The van der Waals surface area contributed by atoms with E-state index >= 15 is 0 Å². The van der Waals surface area contributed by atoms with E-state index in [4.69, 9.17) is 16.3 Å². The number of hydrogen-bond donors (Lipinski definition) is 1. The number of imide groups is 1.